The predicted octanol–water partition coefficient (Wildman–Crippen LogP) is 1.46. The van der Waals surface area contributed by atoms with E-state index in [1.54, 1.807) is 24.3 Å². The normalized spacial score (nSPS) is 9.89. The van der Waals surface area contributed by atoms with Crippen LogP contribution in [0.1, 0.15) is 9.67 Å². The van der Waals surface area contributed by atoms with Crippen LogP contribution in [-0.4, -0.2) is 27.1 Å². The molecule has 0 unspecified atom stereocenters. The highest BCUT2D eigenvalue weighted by Gasteiger charge is 2.11. The number of aromatic nitrogens is 2. The van der Waals surface area contributed by atoms with E-state index in [2.05, 4.69) is 14.9 Å². The van der Waals surface area contributed by atoms with Crippen LogP contribution in [0.3, 0.4) is 0 Å². The molecule has 1 aromatic carbocycles. The van der Waals surface area contributed by atoms with E-state index in [1.807, 2.05) is 0 Å². The van der Waals surface area contributed by atoms with Gasteiger partial charge in [-0.2, -0.15) is 0 Å². The molecule has 19 heavy (non-hydrogen) atoms. The zero-order chi connectivity index (χ0) is 13.7. The Bertz CT molecular complexity index is 586. The van der Waals surface area contributed by atoms with Crippen LogP contribution in [0.15, 0.2) is 30.5 Å². The van der Waals surface area contributed by atoms with Gasteiger partial charge >= 0.3 is 0 Å². The van der Waals surface area contributed by atoms with Crippen LogP contribution >= 0.6 is 23.8 Å². The molecule has 3 N–H and O–H groups in total. The molecule has 0 spiro atoms. The molecule has 2 aromatic rings. The molecule has 2 rings (SSSR count). The number of amides is 1. The zero-order valence-electron chi connectivity index (χ0n) is 9.70. The lowest BCUT2D eigenvalue weighted by Crippen LogP contribution is -2.19. The molecule has 0 saturated heterocycles. The van der Waals surface area contributed by atoms with Gasteiger partial charge in [0.1, 0.15) is 22.2 Å². The van der Waals surface area contributed by atoms with Crippen molar-refractivity contribution in [1.82, 2.24) is 9.59 Å². The van der Waals surface area contributed by atoms with E-state index in [1.165, 1.54) is 6.20 Å². The van der Waals surface area contributed by atoms with Crippen molar-refractivity contribution in [2.45, 2.75) is 0 Å². The Morgan fingerprint density at radius 1 is 1.47 bits per heavy atom. The summed E-state index contributed by atoms with van der Waals surface area (Å²) < 4.78 is 9.04. The number of anilines is 1. The molecule has 0 aliphatic heterocycles. The van der Waals surface area contributed by atoms with Crippen LogP contribution < -0.4 is 15.8 Å². The highest BCUT2D eigenvalue weighted by atomic mass is 32.1. The Hall–Kier alpha value is -2.06. The number of para-hydroxylation sites is 2. The van der Waals surface area contributed by atoms with Gasteiger partial charge in [-0.25, -0.2) is 0 Å². The molecule has 0 saturated carbocycles. The maximum absolute atomic E-state index is 11.9. The SMILES string of the molecule is NC(=S)COc1ccccc1NC(=O)c1cnns1. The molecular formula is C11H10N4O2S2. The summed E-state index contributed by atoms with van der Waals surface area (Å²) in [6.07, 6.45) is 1.40. The largest absolute Gasteiger partial charge is 0.484 e. The summed E-state index contributed by atoms with van der Waals surface area (Å²) in [6, 6.07) is 7.02. The predicted molar refractivity (Wildman–Crippen MR) is 76.6 cm³/mol. The molecular weight excluding hydrogens is 284 g/mol. The number of nitrogens with zero attached hydrogens (tertiary/aromatic N) is 2. The molecule has 1 heterocycles. The average molecular weight is 294 g/mol. The third-order valence-electron chi connectivity index (χ3n) is 2.09. The second-order valence-electron chi connectivity index (χ2n) is 3.49. The number of ether oxygens (including phenoxy) is 1. The minimum atomic E-state index is -0.290. The number of hydrogen-bond donors (Lipinski definition) is 2. The van der Waals surface area contributed by atoms with Crippen molar-refractivity contribution in [3.63, 3.8) is 0 Å². The third kappa shape index (κ3) is 3.70. The van der Waals surface area contributed by atoms with Gasteiger partial charge < -0.3 is 15.8 Å². The molecule has 98 valence electrons. The van der Waals surface area contributed by atoms with Crippen molar-refractivity contribution < 1.29 is 9.53 Å². The van der Waals surface area contributed by atoms with Crippen LogP contribution in [0.4, 0.5) is 5.69 Å². The standard InChI is InChI=1S/C11H10N4O2S2/c12-10(18)6-17-8-4-2-1-3-7(8)14-11(16)9-5-13-15-19-9/h1-5H,6H2,(H2,12,18)(H,14,16). The second-order valence-corrected chi connectivity index (χ2v) is 4.80. The summed E-state index contributed by atoms with van der Waals surface area (Å²) in [5.74, 6) is 0.211. The molecule has 1 amide bonds. The lowest BCUT2D eigenvalue weighted by Gasteiger charge is -2.11. The number of rotatable bonds is 5. The van der Waals surface area contributed by atoms with Crippen LogP contribution in [0.25, 0.3) is 0 Å². The smallest absolute Gasteiger partial charge is 0.269 e. The van der Waals surface area contributed by atoms with E-state index < -0.39 is 0 Å². The van der Waals surface area contributed by atoms with Gasteiger partial charge in [-0.3, -0.25) is 4.79 Å². The van der Waals surface area contributed by atoms with Crippen LogP contribution in [0, 0.1) is 0 Å². The van der Waals surface area contributed by atoms with Crippen LogP contribution in [0.2, 0.25) is 0 Å². The number of nitrogens with one attached hydrogen (secondary N) is 1. The molecule has 0 aliphatic rings. The van der Waals surface area contributed by atoms with Crippen molar-refractivity contribution >= 4 is 40.3 Å². The fourth-order valence-corrected chi connectivity index (χ4v) is 1.77. The molecule has 0 bridgehead atoms. The number of hydrogen-bond acceptors (Lipinski definition) is 6. The molecule has 6 nitrogen and oxygen atoms in total. The Morgan fingerprint density at radius 3 is 2.95 bits per heavy atom. The van der Waals surface area contributed by atoms with E-state index in [0.717, 1.165) is 11.5 Å². The highest BCUT2D eigenvalue weighted by Crippen LogP contribution is 2.24. The fourth-order valence-electron chi connectivity index (χ4n) is 1.30. The number of carbonyl (C=O) groups is 1. The molecule has 0 radical (unpaired) electrons. The molecule has 0 atom stereocenters. The monoisotopic (exact) mass is 294 g/mol. The van der Waals surface area contributed by atoms with Crippen LogP contribution in [-0.2, 0) is 0 Å². The van der Waals surface area contributed by atoms with E-state index in [0.29, 0.717) is 16.3 Å². The van der Waals surface area contributed by atoms with Crippen molar-refractivity contribution in [3.8, 4) is 5.75 Å². The quantitative estimate of drug-likeness (QED) is 0.811. The van der Waals surface area contributed by atoms with Gasteiger partial charge in [-0.05, 0) is 23.7 Å². The van der Waals surface area contributed by atoms with Gasteiger partial charge in [0.2, 0.25) is 0 Å². The summed E-state index contributed by atoms with van der Waals surface area (Å²) in [7, 11) is 0. The van der Waals surface area contributed by atoms with E-state index in [9.17, 15) is 4.79 Å². The first-order valence-corrected chi connectivity index (χ1v) is 6.44. The number of carbonyl (C=O) groups excluding carboxylic acids is 1. The maximum Gasteiger partial charge on any atom is 0.269 e. The first-order valence-electron chi connectivity index (χ1n) is 5.25. The zero-order valence-corrected chi connectivity index (χ0v) is 11.3. The van der Waals surface area contributed by atoms with E-state index in [4.69, 9.17) is 22.7 Å². The molecule has 0 aliphatic carbocycles. The maximum atomic E-state index is 11.9. The summed E-state index contributed by atoms with van der Waals surface area (Å²) >= 11 is 5.76. The fraction of sp³-hybridized carbons (Fsp3) is 0.0909. The van der Waals surface area contributed by atoms with Gasteiger partial charge in [0, 0.05) is 0 Å². The van der Waals surface area contributed by atoms with Gasteiger partial charge in [-0.1, -0.05) is 28.8 Å². The Balaban J connectivity index is 2.11. The van der Waals surface area contributed by atoms with Gasteiger partial charge in [0.25, 0.3) is 5.91 Å². The summed E-state index contributed by atoms with van der Waals surface area (Å²) in [4.78, 5) is 12.5. The second kappa shape index (κ2) is 6.21. The topological polar surface area (TPSA) is 90.1 Å². The van der Waals surface area contributed by atoms with Crippen molar-refractivity contribution in [2.24, 2.45) is 5.73 Å². The van der Waals surface area contributed by atoms with Crippen molar-refractivity contribution in [1.29, 1.82) is 0 Å². The first-order chi connectivity index (χ1) is 9.16. The molecule has 8 heteroatoms. The lowest BCUT2D eigenvalue weighted by atomic mass is 10.3. The third-order valence-corrected chi connectivity index (χ3v) is 2.87. The Kier molecular flexibility index (Phi) is 4.37. The molecule has 0 fully saturated rings. The van der Waals surface area contributed by atoms with E-state index in [-0.39, 0.29) is 17.5 Å². The number of thiocarbonyl (C=S) groups is 1. The summed E-state index contributed by atoms with van der Waals surface area (Å²) in [5.41, 5.74) is 5.91. The average Bonchev–Trinajstić information content (AvgIpc) is 2.91. The Morgan fingerprint density at radius 2 is 2.26 bits per heavy atom. The summed E-state index contributed by atoms with van der Waals surface area (Å²) in [5, 5.41) is 6.33. The van der Waals surface area contributed by atoms with Gasteiger partial charge in [-0.15, -0.1) is 5.10 Å². The van der Waals surface area contributed by atoms with Gasteiger partial charge in [0.05, 0.1) is 11.9 Å². The lowest BCUT2D eigenvalue weighted by molar-refractivity contribution is 0.103. The van der Waals surface area contributed by atoms with Crippen molar-refractivity contribution in [2.75, 3.05) is 11.9 Å². The Labute approximate surface area is 118 Å². The minimum absolute atomic E-state index is 0.115. The van der Waals surface area contributed by atoms with Crippen LogP contribution in [0.5, 0.6) is 5.75 Å². The number of benzene rings is 1. The molecule has 1 aromatic heterocycles. The minimum Gasteiger partial charge on any atom is -0.484 e. The first kappa shape index (κ1) is 13.4. The summed E-state index contributed by atoms with van der Waals surface area (Å²) in [6.45, 7) is 0.115. The number of nitrogens with two attached hydrogens (primary N) is 1. The van der Waals surface area contributed by atoms with E-state index >= 15 is 0 Å². The van der Waals surface area contributed by atoms with Crippen molar-refractivity contribution in [3.05, 3.63) is 35.3 Å². The highest BCUT2D eigenvalue weighted by molar-refractivity contribution is 7.80. The van der Waals surface area contributed by atoms with Gasteiger partial charge in [0.15, 0.2) is 0 Å².